The van der Waals surface area contributed by atoms with Crippen molar-refractivity contribution in [1.82, 2.24) is 10.5 Å². The molecule has 1 aromatic carbocycles. The van der Waals surface area contributed by atoms with Gasteiger partial charge in [0.25, 0.3) is 5.91 Å². The van der Waals surface area contributed by atoms with Gasteiger partial charge in [-0.2, -0.15) is 0 Å². The van der Waals surface area contributed by atoms with Crippen molar-refractivity contribution in [2.24, 2.45) is 0 Å². The quantitative estimate of drug-likeness (QED) is 0.866. The van der Waals surface area contributed by atoms with E-state index in [9.17, 15) is 9.18 Å². The first-order valence-corrected chi connectivity index (χ1v) is 5.08. The van der Waals surface area contributed by atoms with Crippen LogP contribution in [0, 0.1) is 12.7 Å². The molecular formula is C12H11FN2O2. The Hall–Kier alpha value is -2.17. The molecule has 0 fully saturated rings. The number of hydrogen-bond acceptors (Lipinski definition) is 3. The van der Waals surface area contributed by atoms with Gasteiger partial charge in [0.2, 0.25) is 0 Å². The van der Waals surface area contributed by atoms with Gasteiger partial charge in [0.15, 0.2) is 0 Å². The van der Waals surface area contributed by atoms with E-state index in [0.717, 1.165) is 0 Å². The van der Waals surface area contributed by atoms with Gasteiger partial charge in [0.1, 0.15) is 22.8 Å². The Morgan fingerprint density at radius 1 is 1.41 bits per heavy atom. The third kappa shape index (κ3) is 1.91. The Bertz CT molecular complexity index is 563. The smallest absolute Gasteiger partial charge is 0.256 e. The normalized spacial score (nSPS) is 10.3. The van der Waals surface area contributed by atoms with Gasteiger partial charge in [-0.05, 0) is 19.1 Å². The fraction of sp³-hybridized carbons (Fsp3) is 0.167. The highest BCUT2D eigenvalue weighted by molar-refractivity contribution is 6.00. The highest BCUT2D eigenvalue weighted by Crippen LogP contribution is 2.27. The molecule has 2 rings (SSSR count). The second kappa shape index (κ2) is 4.37. The summed E-state index contributed by atoms with van der Waals surface area (Å²) in [6, 6.07) is 6.12. The van der Waals surface area contributed by atoms with E-state index in [-0.39, 0.29) is 22.7 Å². The number of aromatic nitrogens is 1. The number of carbonyl (C=O) groups is 1. The molecule has 88 valence electrons. The molecule has 0 spiro atoms. The molecular weight excluding hydrogens is 223 g/mol. The molecule has 0 unspecified atom stereocenters. The van der Waals surface area contributed by atoms with Gasteiger partial charge in [-0.15, -0.1) is 0 Å². The van der Waals surface area contributed by atoms with Crippen molar-refractivity contribution in [3.8, 4) is 11.3 Å². The summed E-state index contributed by atoms with van der Waals surface area (Å²) in [5.41, 5.74) is 0.737. The maximum absolute atomic E-state index is 13.6. The van der Waals surface area contributed by atoms with Crippen LogP contribution in [-0.2, 0) is 0 Å². The summed E-state index contributed by atoms with van der Waals surface area (Å²) in [5, 5.41) is 6.22. The molecule has 1 amide bonds. The van der Waals surface area contributed by atoms with Crippen molar-refractivity contribution < 1.29 is 13.7 Å². The molecule has 0 atom stereocenters. The Morgan fingerprint density at radius 3 is 2.76 bits per heavy atom. The standard InChI is InChI=1S/C12H11FN2O2/c1-7-10(12(16)14-2)11(15-17-7)8-5-3-4-6-9(8)13/h3-6H,1-2H3,(H,14,16). The zero-order valence-electron chi connectivity index (χ0n) is 9.45. The molecule has 1 heterocycles. The van der Waals surface area contributed by atoms with Crippen LogP contribution in [0.1, 0.15) is 16.1 Å². The largest absolute Gasteiger partial charge is 0.360 e. The minimum atomic E-state index is -0.439. The number of aryl methyl sites for hydroxylation is 1. The average molecular weight is 234 g/mol. The first-order chi connectivity index (χ1) is 8.15. The number of nitrogens with zero attached hydrogens (tertiary/aromatic N) is 1. The maximum Gasteiger partial charge on any atom is 0.256 e. The zero-order valence-corrected chi connectivity index (χ0v) is 9.45. The van der Waals surface area contributed by atoms with E-state index in [4.69, 9.17) is 4.52 Å². The van der Waals surface area contributed by atoms with Crippen molar-refractivity contribution in [2.45, 2.75) is 6.92 Å². The summed E-state index contributed by atoms with van der Waals surface area (Å²) in [4.78, 5) is 11.7. The van der Waals surface area contributed by atoms with Crippen LogP contribution in [0.2, 0.25) is 0 Å². The molecule has 0 saturated carbocycles. The van der Waals surface area contributed by atoms with Crippen LogP contribution in [0.25, 0.3) is 11.3 Å². The molecule has 0 bridgehead atoms. The Morgan fingerprint density at radius 2 is 2.12 bits per heavy atom. The van der Waals surface area contributed by atoms with Crippen LogP contribution in [-0.4, -0.2) is 18.1 Å². The molecule has 1 N–H and O–H groups in total. The Balaban J connectivity index is 2.61. The van der Waals surface area contributed by atoms with E-state index in [1.807, 2.05) is 0 Å². The van der Waals surface area contributed by atoms with Crippen molar-refractivity contribution in [2.75, 3.05) is 7.05 Å². The molecule has 0 radical (unpaired) electrons. The van der Waals surface area contributed by atoms with Gasteiger partial charge in [-0.25, -0.2) is 4.39 Å². The van der Waals surface area contributed by atoms with E-state index in [1.54, 1.807) is 25.1 Å². The van der Waals surface area contributed by atoms with Crippen LogP contribution < -0.4 is 5.32 Å². The molecule has 4 nitrogen and oxygen atoms in total. The summed E-state index contributed by atoms with van der Waals surface area (Å²) in [6.45, 7) is 1.61. The molecule has 2 aromatic rings. The second-order valence-corrected chi connectivity index (χ2v) is 3.52. The van der Waals surface area contributed by atoms with Crippen molar-refractivity contribution in [3.63, 3.8) is 0 Å². The van der Waals surface area contributed by atoms with Crippen LogP contribution in [0.15, 0.2) is 28.8 Å². The Kier molecular flexibility index (Phi) is 2.91. The predicted molar refractivity (Wildman–Crippen MR) is 60.0 cm³/mol. The van der Waals surface area contributed by atoms with E-state index in [1.165, 1.54) is 13.1 Å². The van der Waals surface area contributed by atoms with Crippen LogP contribution in [0.5, 0.6) is 0 Å². The van der Waals surface area contributed by atoms with E-state index in [0.29, 0.717) is 5.76 Å². The van der Waals surface area contributed by atoms with Crippen molar-refractivity contribution in [3.05, 3.63) is 41.4 Å². The van der Waals surface area contributed by atoms with Gasteiger partial charge >= 0.3 is 0 Å². The zero-order chi connectivity index (χ0) is 12.4. The van der Waals surface area contributed by atoms with Gasteiger partial charge < -0.3 is 9.84 Å². The number of benzene rings is 1. The van der Waals surface area contributed by atoms with Gasteiger partial charge in [-0.3, -0.25) is 4.79 Å². The average Bonchev–Trinajstić information content (AvgIpc) is 2.71. The molecule has 0 aliphatic carbocycles. The summed E-state index contributed by atoms with van der Waals surface area (Å²) in [7, 11) is 1.50. The van der Waals surface area contributed by atoms with Gasteiger partial charge in [0.05, 0.1) is 0 Å². The van der Waals surface area contributed by atoms with Gasteiger partial charge in [-0.1, -0.05) is 17.3 Å². The van der Waals surface area contributed by atoms with Crippen LogP contribution in [0.4, 0.5) is 4.39 Å². The number of amides is 1. The topological polar surface area (TPSA) is 55.1 Å². The molecule has 1 aromatic heterocycles. The van der Waals surface area contributed by atoms with Crippen LogP contribution >= 0.6 is 0 Å². The fourth-order valence-corrected chi connectivity index (χ4v) is 1.60. The monoisotopic (exact) mass is 234 g/mol. The number of carbonyl (C=O) groups excluding carboxylic acids is 1. The first-order valence-electron chi connectivity index (χ1n) is 5.08. The van der Waals surface area contributed by atoms with Gasteiger partial charge in [0, 0.05) is 12.6 Å². The summed E-state index contributed by atoms with van der Waals surface area (Å²) >= 11 is 0. The third-order valence-corrected chi connectivity index (χ3v) is 2.45. The SMILES string of the molecule is CNC(=O)c1c(-c2ccccc2F)noc1C. The molecule has 17 heavy (non-hydrogen) atoms. The highest BCUT2D eigenvalue weighted by Gasteiger charge is 2.22. The lowest BCUT2D eigenvalue weighted by molar-refractivity contribution is 0.0962. The predicted octanol–water partition coefficient (Wildman–Crippen LogP) is 2.15. The number of rotatable bonds is 2. The van der Waals surface area contributed by atoms with Crippen molar-refractivity contribution >= 4 is 5.91 Å². The Labute approximate surface area is 97.4 Å². The highest BCUT2D eigenvalue weighted by atomic mass is 19.1. The molecule has 0 aliphatic rings. The maximum atomic E-state index is 13.6. The van der Waals surface area contributed by atoms with Crippen molar-refractivity contribution in [1.29, 1.82) is 0 Å². The van der Waals surface area contributed by atoms with Crippen LogP contribution in [0.3, 0.4) is 0 Å². The number of hydrogen-bond donors (Lipinski definition) is 1. The first kappa shape index (κ1) is 11.3. The minimum Gasteiger partial charge on any atom is -0.360 e. The lowest BCUT2D eigenvalue weighted by Gasteiger charge is -2.02. The van der Waals surface area contributed by atoms with E-state index in [2.05, 4.69) is 10.5 Å². The second-order valence-electron chi connectivity index (χ2n) is 3.52. The number of halogens is 1. The van der Waals surface area contributed by atoms with E-state index < -0.39 is 5.82 Å². The summed E-state index contributed by atoms with van der Waals surface area (Å²) in [5.74, 6) is -0.421. The summed E-state index contributed by atoms with van der Waals surface area (Å²) < 4.78 is 18.6. The molecule has 5 heteroatoms. The lowest BCUT2D eigenvalue weighted by atomic mass is 10.1. The molecule has 0 saturated heterocycles. The van der Waals surface area contributed by atoms with E-state index >= 15 is 0 Å². The third-order valence-electron chi connectivity index (χ3n) is 2.45. The lowest BCUT2D eigenvalue weighted by Crippen LogP contribution is -2.19. The minimum absolute atomic E-state index is 0.222. The molecule has 0 aliphatic heterocycles. The fourth-order valence-electron chi connectivity index (χ4n) is 1.60. The number of nitrogens with one attached hydrogen (secondary N) is 1. The summed E-state index contributed by atoms with van der Waals surface area (Å²) in [6.07, 6.45) is 0.